The first kappa shape index (κ1) is 37.3. The number of fused-ring (bicyclic) bond motifs is 7. The van der Waals surface area contributed by atoms with Gasteiger partial charge in [-0.05, 0) is 129 Å². The molecule has 1 aromatic carbocycles. The normalized spacial score (nSPS) is 37.8. The van der Waals surface area contributed by atoms with Crippen molar-refractivity contribution in [1.82, 2.24) is 5.32 Å². The van der Waals surface area contributed by atoms with E-state index >= 15 is 0 Å². The highest BCUT2D eigenvalue weighted by atomic mass is 16.5. The Bertz CT molecular complexity index is 1530. The second kappa shape index (κ2) is 12.9. The molecule has 4 fully saturated rings. The zero-order valence-corrected chi connectivity index (χ0v) is 32.5. The molecule has 0 aromatic heterocycles. The number of allylic oxidation sites excluding steroid dienone is 2. The molecule has 2 N–H and O–H groups in total. The van der Waals surface area contributed by atoms with Gasteiger partial charge < -0.3 is 15.2 Å². The van der Waals surface area contributed by atoms with Crippen LogP contribution in [0.25, 0.3) is 0 Å². The summed E-state index contributed by atoms with van der Waals surface area (Å²) in [5.74, 6) is 0.719. The molecule has 1 unspecified atom stereocenters. The van der Waals surface area contributed by atoms with E-state index in [2.05, 4.69) is 84.1 Å². The highest BCUT2D eigenvalue weighted by molar-refractivity contribution is 6.00. The lowest BCUT2D eigenvalue weighted by Crippen LogP contribution is -2.65. The number of esters is 1. The van der Waals surface area contributed by atoms with E-state index in [-0.39, 0.29) is 45.5 Å². The number of carboxylic acid groups (broad SMARTS) is 1. The number of carbonyl (C=O) groups is 3. The number of rotatable bonds is 10. The van der Waals surface area contributed by atoms with Crippen LogP contribution in [0.5, 0.6) is 0 Å². The molecule has 0 spiro atoms. The lowest BCUT2D eigenvalue weighted by atomic mass is 9.33. The zero-order valence-electron chi connectivity index (χ0n) is 32.5. The zero-order chi connectivity index (χ0) is 36.5. The van der Waals surface area contributed by atoms with E-state index in [1.165, 1.54) is 24.0 Å². The molecule has 50 heavy (non-hydrogen) atoms. The van der Waals surface area contributed by atoms with Crippen LogP contribution >= 0.6 is 0 Å². The fourth-order valence-corrected chi connectivity index (χ4v) is 13.0. The SMILES string of the molecule is CC(C)C1=C2[C@H]3CC[C@@H]4[C@@]5(C)CC[C@H](OC(=O)CC(C)(C)C(=O)O)C(C)(C)C5CC[C@@]4(C)[C@]3(C)CC[C@@]2(CCNCc2ccccc2)CC1=O. The predicted molar refractivity (Wildman–Crippen MR) is 198 cm³/mol. The summed E-state index contributed by atoms with van der Waals surface area (Å²) in [5.41, 5.74) is 3.07. The monoisotopic (exact) mass is 687 g/mol. The number of hydrogen-bond acceptors (Lipinski definition) is 5. The molecule has 6 heteroatoms. The van der Waals surface area contributed by atoms with E-state index in [4.69, 9.17) is 4.74 Å². The molecule has 0 aliphatic heterocycles. The van der Waals surface area contributed by atoms with E-state index in [1.54, 1.807) is 19.4 Å². The molecule has 0 amide bonds. The number of ether oxygens (including phenoxy) is 1. The third-order valence-electron chi connectivity index (χ3n) is 15.9. The molecule has 276 valence electrons. The van der Waals surface area contributed by atoms with Gasteiger partial charge in [-0.1, -0.05) is 84.4 Å². The van der Waals surface area contributed by atoms with Gasteiger partial charge in [-0.15, -0.1) is 0 Å². The van der Waals surface area contributed by atoms with Crippen LogP contribution in [-0.2, 0) is 25.7 Å². The van der Waals surface area contributed by atoms with Crippen LogP contribution in [0.15, 0.2) is 41.5 Å². The van der Waals surface area contributed by atoms with Crippen LogP contribution in [-0.4, -0.2) is 35.5 Å². The molecule has 1 aromatic rings. The average molecular weight is 688 g/mol. The fraction of sp³-hybridized carbons (Fsp3) is 0.750. The third-order valence-corrected chi connectivity index (χ3v) is 15.9. The second-order valence-corrected chi connectivity index (χ2v) is 19.6. The van der Waals surface area contributed by atoms with Gasteiger partial charge in [0.05, 0.1) is 11.8 Å². The lowest BCUT2D eigenvalue weighted by molar-refractivity contribution is -0.233. The van der Waals surface area contributed by atoms with E-state index in [1.807, 2.05) is 0 Å². The molecular formula is C44H65NO5. The van der Waals surface area contributed by atoms with Crippen LogP contribution in [0.2, 0.25) is 0 Å². The van der Waals surface area contributed by atoms with Crippen molar-refractivity contribution in [2.75, 3.05) is 6.54 Å². The van der Waals surface area contributed by atoms with E-state index < -0.39 is 17.4 Å². The molecule has 6 nitrogen and oxygen atoms in total. The standard InChI is InChI=1S/C44H65NO5/c1-28(2)36-31(46)25-44(23-24-45-27-29-13-11-10-12-14-29)22-21-42(8)30(37(36)44)15-16-33-41(7)19-18-34(50-35(47)26-39(3,4)38(48)49)40(5,6)32(41)17-20-43(33,42)9/h10-14,28,30,32-34,45H,15-27H2,1-9H3,(H,48,49)/t30-,32?,33-,34+,41+,42-,43-,44-/m1/s1. The number of aliphatic carboxylic acids is 1. The van der Waals surface area contributed by atoms with E-state index in [0.29, 0.717) is 30.0 Å². The molecule has 6 rings (SSSR count). The van der Waals surface area contributed by atoms with Crippen molar-refractivity contribution in [3.8, 4) is 0 Å². The Morgan fingerprint density at radius 2 is 1.62 bits per heavy atom. The van der Waals surface area contributed by atoms with Crippen LogP contribution in [0.4, 0.5) is 0 Å². The maximum absolute atomic E-state index is 14.0. The predicted octanol–water partition coefficient (Wildman–Crippen LogP) is 9.56. The Morgan fingerprint density at radius 3 is 2.28 bits per heavy atom. The van der Waals surface area contributed by atoms with E-state index in [9.17, 15) is 19.5 Å². The van der Waals surface area contributed by atoms with Crippen molar-refractivity contribution < 1.29 is 24.2 Å². The molecule has 8 atom stereocenters. The molecule has 0 radical (unpaired) electrons. The molecule has 0 heterocycles. The minimum absolute atomic E-state index is 0.0199. The Labute approximate surface area is 302 Å². The summed E-state index contributed by atoms with van der Waals surface area (Å²) in [6.45, 7) is 21.9. The topological polar surface area (TPSA) is 92.7 Å². The smallest absolute Gasteiger partial charge is 0.309 e. The van der Waals surface area contributed by atoms with Crippen molar-refractivity contribution in [2.45, 2.75) is 146 Å². The average Bonchev–Trinajstić information content (AvgIpc) is 3.33. The van der Waals surface area contributed by atoms with Crippen molar-refractivity contribution in [3.63, 3.8) is 0 Å². The van der Waals surface area contributed by atoms with Gasteiger partial charge in [-0.25, -0.2) is 0 Å². The molecule has 5 aliphatic carbocycles. The van der Waals surface area contributed by atoms with Crippen LogP contribution in [0, 0.1) is 56.2 Å². The summed E-state index contributed by atoms with van der Waals surface area (Å²) in [6, 6.07) is 10.6. The van der Waals surface area contributed by atoms with E-state index in [0.717, 1.165) is 58.0 Å². The fourth-order valence-electron chi connectivity index (χ4n) is 13.0. The van der Waals surface area contributed by atoms with Crippen molar-refractivity contribution in [3.05, 3.63) is 47.0 Å². The maximum Gasteiger partial charge on any atom is 0.309 e. The quantitative estimate of drug-likeness (QED) is 0.188. The Kier molecular flexibility index (Phi) is 9.61. The molecule has 4 saturated carbocycles. The van der Waals surface area contributed by atoms with Gasteiger partial charge in [0.2, 0.25) is 0 Å². The largest absolute Gasteiger partial charge is 0.481 e. The van der Waals surface area contributed by atoms with Crippen LogP contribution in [0.3, 0.4) is 0 Å². The van der Waals surface area contributed by atoms with Crippen LogP contribution < -0.4 is 5.32 Å². The number of carboxylic acids is 1. The summed E-state index contributed by atoms with van der Waals surface area (Å²) in [6.07, 6.45) is 10.1. The Morgan fingerprint density at radius 1 is 0.920 bits per heavy atom. The Hall–Kier alpha value is -2.47. The Balaban J connectivity index is 1.24. The van der Waals surface area contributed by atoms with Gasteiger partial charge in [0.1, 0.15) is 6.10 Å². The summed E-state index contributed by atoms with van der Waals surface area (Å²) < 4.78 is 6.18. The summed E-state index contributed by atoms with van der Waals surface area (Å²) in [5, 5.41) is 13.3. The first-order chi connectivity index (χ1) is 23.3. The molecule has 0 saturated heterocycles. The summed E-state index contributed by atoms with van der Waals surface area (Å²) >= 11 is 0. The van der Waals surface area contributed by atoms with Gasteiger partial charge in [0.25, 0.3) is 0 Å². The molecule has 5 aliphatic rings. The third kappa shape index (κ3) is 5.82. The number of nitrogens with one attached hydrogen (secondary N) is 1. The van der Waals surface area contributed by atoms with Gasteiger partial charge in [-0.2, -0.15) is 0 Å². The highest BCUT2D eigenvalue weighted by Crippen LogP contribution is 2.77. The number of carbonyl (C=O) groups excluding carboxylic acids is 2. The second-order valence-electron chi connectivity index (χ2n) is 19.6. The van der Waals surface area contributed by atoms with Gasteiger partial charge in [-0.3, -0.25) is 14.4 Å². The van der Waals surface area contributed by atoms with Crippen molar-refractivity contribution in [1.29, 1.82) is 0 Å². The van der Waals surface area contributed by atoms with Crippen molar-refractivity contribution in [2.24, 2.45) is 56.2 Å². The number of ketones is 1. The summed E-state index contributed by atoms with van der Waals surface area (Å²) in [7, 11) is 0. The van der Waals surface area contributed by atoms with Gasteiger partial charge in [0, 0.05) is 23.8 Å². The van der Waals surface area contributed by atoms with Gasteiger partial charge in [0.15, 0.2) is 5.78 Å². The number of benzene rings is 1. The maximum atomic E-state index is 14.0. The molecular weight excluding hydrogens is 622 g/mol. The first-order valence-electron chi connectivity index (χ1n) is 19.8. The van der Waals surface area contributed by atoms with Crippen LogP contribution in [0.1, 0.15) is 139 Å². The lowest BCUT2D eigenvalue weighted by Gasteiger charge is -2.72. The minimum atomic E-state index is -1.14. The summed E-state index contributed by atoms with van der Waals surface area (Å²) in [4.78, 5) is 38.8. The molecule has 0 bridgehead atoms. The van der Waals surface area contributed by atoms with Gasteiger partial charge >= 0.3 is 11.9 Å². The first-order valence-corrected chi connectivity index (χ1v) is 19.8. The highest BCUT2D eigenvalue weighted by Gasteiger charge is 2.70. The number of Topliss-reactive ketones (excluding diaryl/α,β-unsaturated/α-hetero) is 1. The number of hydrogen-bond donors (Lipinski definition) is 2. The van der Waals surface area contributed by atoms with Crippen molar-refractivity contribution >= 4 is 17.7 Å². The minimum Gasteiger partial charge on any atom is -0.481 e.